The fourth-order valence-corrected chi connectivity index (χ4v) is 2.05. The lowest BCUT2D eigenvalue weighted by atomic mass is 10.2. The molecule has 7 nitrogen and oxygen atoms in total. The van der Waals surface area contributed by atoms with Gasteiger partial charge in [0.1, 0.15) is 5.60 Å². The number of amides is 1. The Hall–Kier alpha value is -1.63. The normalized spacial score (nSPS) is 16.6. The van der Waals surface area contributed by atoms with Crippen molar-refractivity contribution in [2.24, 2.45) is 0 Å². The first-order valence-electron chi connectivity index (χ1n) is 7.15. The topological polar surface area (TPSA) is 87.2 Å². The molecule has 1 rings (SSSR count). The number of ketones is 1. The molecule has 0 saturated carbocycles. The Labute approximate surface area is 124 Å². The third-order valence-electron chi connectivity index (χ3n) is 3.14. The molecule has 1 aliphatic rings. The molecular formula is C14H24N2O5. The summed E-state index contributed by atoms with van der Waals surface area (Å²) in [6.07, 6.45) is 0.280. The Morgan fingerprint density at radius 3 is 2.14 bits per heavy atom. The Kier molecular flexibility index (Phi) is 6.14. The van der Waals surface area contributed by atoms with E-state index in [0.29, 0.717) is 39.1 Å². The number of nitrogens with zero attached hydrogens (tertiary/aromatic N) is 2. The number of rotatable bonds is 5. The van der Waals surface area contributed by atoms with Gasteiger partial charge in [-0.1, -0.05) is 0 Å². The van der Waals surface area contributed by atoms with Crippen molar-refractivity contribution in [2.45, 2.75) is 39.2 Å². The highest BCUT2D eigenvalue weighted by atomic mass is 16.6. The van der Waals surface area contributed by atoms with E-state index in [1.165, 1.54) is 0 Å². The zero-order valence-electron chi connectivity index (χ0n) is 12.9. The molecule has 21 heavy (non-hydrogen) atoms. The molecule has 7 heteroatoms. The maximum atomic E-state index is 11.9. The van der Waals surface area contributed by atoms with Crippen LogP contribution in [0.3, 0.4) is 0 Å². The molecule has 1 aliphatic heterocycles. The van der Waals surface area contributed by atoms with Gasteiger partial charge in [0.25, 0.3) is 0 Å². The van der Waals surface area contributed by atoms with Crippen LogP contribution in [0.15, 0.2) is 0 Å². The van der Waals surface area contributed by atoms with Crippen molar-refractivity contribution in [3.8, 4) is 0 Å². The highest BCUT2D eigenvalue weighted by Crippen LogP contribution is 2.12. The van der Waals surface area contributed by atoms with Crippen LogP contribution in [0.5, 0.6) is 0 Å². The number of carbonyl (C=O) groups is 3. The molecule has 0 aromatic carbocycles. The predicted molar refractivity (Wildman–Crippen MR) is 76.1 cm³/mol. The number of hydrogen-bond acceptors (Lipinski definition) is 5. The quantitative estimate of drug-likeness (QED) is 0.761. The van der Waals surface area contributed by atoms with Gasteiger partial charge in [-0.2, -0.15) is 0 Å². The smallest absolute Gasteiger partial charge is 0.410 e. The van der Waals surface area contributed by atoms with E-state index in [0.717, 1.165) is 0 Å². The van der Waals surface area contributed by atoms with Gasteiger partial charge in [0.15, 0.2) is 0 Å². The molecular weight excluding hydrogens is 276 g/mol. The Balaban J connectivity index is 2.25. The monoisotopic (exact) mass is 300 g/mol. The van der Waals surface area contributed by atoms with Gasteiger partial charge in [0.2, 0.25) is 5.78 Å². The van der Waals surface area contributed by atoms with Gasteiger partial charge in [-0.15, -0.1) is 0 Å². The van der Waals surface area contributed by atoms with E-state index in [9.17, 15) is 14.4 Å². The lowest BCUT2D eigenvalue weighted by molar-refractivity contribution is -0.149. The predicted octanol–water partition coefficient (Wildman–Crippen LogP) is 0.973. The van der Waals surface area contributed by atoms with Crippen LogP contribution in [0.25, 0.3) is 0 Å². The van der Waals surface area contributed by atoms with Gasteiger partial charge in [0.05, 0.1) is 0 Å². The second-order valence-electron chi connectivity index (χ2n) is 6.14. The summed E-state index contributed by atoms with van der Waals surface area (Å²) in [6.45, 7) is 8.76. The summed E-state index contributed by atoms with van der Waals surface area (Å²) in [6, 6.07) is 0. The SMILES string of the molecule is CC(C)(C)OC(=O)N1CCN(CCCC(=O)C(=O)O)CC1. The van der Waals surface area contributed by atoms with Crippen LogP contribution in [0, 0.1) is 0 Å². The van der Waals surface area contributed by atoms with Crippen LogP contribution < -0.4 is 0 Å². The molecule has 0 aromatic heterocycles. The summed E-state index contributed by atoms with van der Waals surface area (Å²) in [5.41, 5.74) is -0.495. The highest BCUT2D eigenvalue weighted by Gasteiger charge is 2.25. The third kappa shape index (κ3) is 6.57. The second kappa shape index (κ2) is 7.40. The Morgan fingerprint density at radius 2 is 1.67 bits per heavy atom. The molecule has 0 spiro atoms. The van der Waals surface area contributed by atoms with Crippen LogP contribution in [-0.4, -0.2) is 71.1 Å². The molecule has 0 atom stereocenters. The van der Waals surface area contributed by atoms with Gasteiger partial charge < -0.3 is 14.7 Å². The first-order chi connectivity index (χ1) is 9.69. The first-order valence-corrected chi connectivity index (χ1v) is 7.15. The molecule has 0 aliphatic carbocycles. The van der Waals surface area contributed by atoms with Gasteiger partial charge in [-0.05, 0) is 33.7 Å². The average Bonchev–Trinajstić information content (AvgIpc) is 2.37. The van der Waals surface area contributed by atoms with Crippen molar-refractivity contribution < 1.29 is 24.2 Å². The summed E-state index contributed by atoms with van der Waals surface area (Å²) in [5, 5.41) is 8.49. The van der Waals surface area contributed by atoms with E-state index in [1.807, 2.05) is 20.8 Å². The number of carboxylic acid groups (broad SMARTS) is 1. The van der Waals surface area contributed by atoms with Crippen LogP contribution in [0.1, 0.15) is 33.6 Å². The maximum Gasteiger partial charge on any atom is 0.410 e. The van der Waals surface area contributed by atoms with Crippen molar-refractivity contribution in [3.05, 3.63) is 0 Å². The minimum atomic E-state index is -1.37. The zero-order valence-corrected chi connectivity index (χ0v) is 12.9. The molecule has 1 amide bonds. The molecule has 0 radical (unpaired) electrons. The Bertz CT molecular complexity index is 395. The first kappa shape index (κ1) is 17.4. The molecule has 1 heterocycles. The van der Waals surface area contributed by atoms with Crippen LogP contribution >= 0.6 is 0 Å². The van der Waals surface area contributed by atoms with Crippen molar-refractivity contribution in [1.29, 1.82) is 0 Å². The van der Waals surface area contributed by atoms with Crippen LogP contribution in [0.2, 0.25) is 0 Å². The van der Waals surface area contributed by atoms with Crippen LogP contribution in [-0.2, 0) is 14.3 Å². The van der Waals surface area contributed by atoms with Crippen molar-refractivity contribution in [2.75, 3.05) is 32.7 Å². The molecule has 0 aromatic rings. The van der Waals surface area contributed by atoms with E-state index >= 15 is 0 Å². The number of carbonyl (C=O) groups excluding carboxylic acids is 2. The van der Waals surface area contributed by atoms with Crippen molar-refractivity contribution in [3.63, 3.8) is 0 Å². The fourth-order valence-electron chi connectivity index (χ4n) is 2.05. The van der Waals surface area contributed by atoms with E-state index < -0.39 is 17.4 Å². The molecule has 120 valence electrons. The van der Waals surface area contributed by atoms with Gasteiger partial charge in [0, 0.05) is 32.6 Å². The van der Waals surface area contributed by atoms with Gasteiger partial charge >= 0.3 is 12.1 Å². The average molecular weight is 300 g/mol. The standard InChI is InChI=1S/C14H24N2O5/c1-14(2,3)21-13(20)16-9-7-15(8-10-16)6-4-5-11(17)12(18)19/h4-10H2,1-3H3,(H,18,19). The number of hydrogen-bond donors (Lipinski definition) is 1. The summed E-state index contributed by atoms with van der Waals surface area (Å²) in [4.78, 5) is 37.0. The molecule has 1 fully saturated rings. The molecule has 0 unspecified atom stereocenters. The fraction of sp³-hybridized carbons (Fsp3) is 0.786. The lowest BCUT2D eigenvalue weighted by Crippen LogP contribution is -2.50. The lowest BCUT2D eigenvalue weighted by Gasteiger charge is -2.35. The highest BCUT2D eigenvalue weighted by molar-refractivity contribution is 6.32. The van der Waals surface area contributed by atoms with Crippen molar-refractivity contribution >= 4 is 17.8 Å². The van der Waals surface area contributed by atoms with Gasteiger partial charge in [-0.25, -0.2) is 9.59 Å². The van der Waals surface area contributed by atoms with E-state index in [1.54, 1.807) is 4.90 Å². The number of carboxylic acids is 1. The van der Waals surface area contributed by atoms with E-state index in [-0.39, 0.29) is 12.5 Å². The summed E-state index contributed by atoms with van der Waals surface area (Å²) >= 11 is 0. The van der Waals surface area contributed by atoms with Crippen molar-refractivity contribution in [1.82, 2.24) is 9.80 Å². The number of ether oxygens (including phenoxy) is 1. The van der Waals surface area contributed by atoms with E-state index in [2.05, 4.69) is 4.90 Å². The molecule has 1 N–H and O–H groups in total. The minimum absolute atomic E-state index is 0.0572. The number of Topliss-reactive ketones (excluding diaryl/α,β-unsaturated/α-hetero) is 1. The number of piperazine rings is 1. The number of aliphatic carboxylic acids is 1. The third-order valence-corrected chi connectivity index (χ3v) is 3.14. The maximum absolute atomic E-state index is 11.9. The van der Waals surface area contributed by atoms with Gasteiger partial charge in [-0.3, -0.25) is 9.69 Å². The Morgan fingerprint density at radius 1 is 1.10 bits per heavy atom. The van der Waals surface area contributed by atoms with E-state index in [4.69, 9.17) is 9.84 Å². The molecule has 1 saturated heterocycles. The summed E-state index contributed by atoms with van der Waals surface area (Å²) in [7, 11) is 0. The minimum Gasteiger partial charge on any atom is -0.476 e. The zero-order chi connectivity index (χ0) is 16.0. The summed E-state index contributed by atoms with van der Waals surface area (Å²) < 4.78 is 5.31. The summed E-state index contributed by atoms with van der Waals surface area (Å²) in [5.74, 6) is -2.12. The van der Waals surface area contributed by atoms with Crippen LogP contribution in [0.4, 0.5) is 4.79 Å². The largest absolute Gasteiger partial charge is 0.476 e. The molecule has 0 bridgehead atoms. The second-order valence-corrected chi connectivity index (χ2v) is 6.14.